The summed E-state index contributed by atoms with van der Waals surface area (Å²) >= 11 is 6.02. The maximum Gasteiger partial charge on any atom is 0.251 e. The average Bonchev–Trinajstić information content (AvgIpc) is 2.45. The molecular formula is C16H22ClNO. The first-order valence-corrected chi connectivity index (χ1v) is 7.65. The van der Waals surface area contributed by atoms with Gasteiger partial charge in [0.15, 0.2) is 0 Å². The first-order valence-electron chi connectivity index (χ1n) is 7.12. The Morgan fingerprint density at radius 1 is 1.26 bits per heavy atom. The Balaban J connectivity index is 1.91. The Morgan fingerprint density at radius 2 is 1.95 bits per heavy atom. The topological polar surface area (TPSA) is 29.1 Å². The Morgan fingerprint density at radius 3 is 2.63 bits per heavy atom. The summed E-state index contributed by atoms with van der Waals surface area (Å²) in [4.78, 5) is 12.2. The molecule has 1 N–H and O–H groups in total. The van der Waals surface area contributed by atoms with E-state index in [2.05, 4.69) is 5.32 Å². The quantitative estimate of drug-likeness (QED) is 0.835. The Kier molecular flexibility index (Phi) is 5.26. The molecule has 19 heavy (non-hydrogen) atoms. The molecule has 0 saturated heterocycles. The van der Waals surface area contributed by atoms with Gasteiger partial charge in [-0.15, -0.1) is 11.6 Å². The van der Waals surface area contributed by atoms with Crippen molar-refractivity contribution in [2.75, 3.05) is 12.4 Å². The Bertz CT molecular complexity index is 433. The minimum atomic E-state index is 0.0389. The number of amides is 1. The van der Waals surface area contributed by atoms with Crippen molar-refractivity contribution >= 4 is 17.5 Å². The number of halogens is 1. The molecule has 0 radical (unpaired) electrons. The molecule has 3 heteroatoms. The van der Waals surface area contributed by atoms with Crippen molar-refractivity contribution in [2.24, 2.45) is 11.8 Å². The number of benzene rings is 1. The van der Waals surface area contributed by atoms with Gasteiger partial charge in [-0.25, -0.2) is 0 Å². The lowest BCUT2D eigenvalue weighted by Gasteiger charge is -2.30. The third-order valence-electron chi connectivity index (χ3n) is 4.18. The molecule has 1 saturated carbocycles. The number of rotatable bonds is 4. The highest BCUT2D eigenvalue weighted by Gasteiger charge is 2.24. The fourth-order valence-corrected chi connectivity index (χ4v) is 3.31. The molecule has 0 aliphatic heterocycles. The summed E-state index contributed by atoms with van der Waals surface area (Å²) in [6.07, 6.45) is 4.93. The zero-order valence-corrected chi connectivity index (χ0v) is 12.2. The molecule has 2 unspecified atom stereocenters. The molecular weight excluding hydrogens is 258 g/mol. The molecule has 1 fully saturated rings. The second kappa shape index (κ2) is 6.95. The van der Waals surface area contributed by atoms with Gasteiger partial charge in [0.2, 0.25) is 0 Å². The van der Waals surface area contributed by atoms with E-state index in [1.54, 1.807) is 0 Å². The second-order valence-electron chi connectivity index (χ2n) is 5.48. The van der Waals surface area contributed by atoms with Crippen LogP contribution in [0.1, 0.15) is 41.6 Å². The Hall–Kier alpha value is -1.02. The lowest BCUT2D eigenvalue weighted by atomic mass is 9.80. The third-order valence-corrected chi connectivity index (χ3v) is 4.58. The van der Waals surface area contributed by atoms with Gasteiger partial charge in [-0.05, 0) is 43.2 Å². The van der Waals surface area contributed by atoms with Crippen LogP contribution in [-0.2, 0) is 0 Å². The van der Waals surface area contributed by atoms with Gasteiger partial charge in [-0.2, -0.15) is 0 Å². The summed E-state index contributed by atoms with van der Waals surface area (Å²) in [6, 6.07) is 7.71. The van der Waals surface area contributed by atoms with E-state index < -0.39 is 0 Å². The van der Waals surface area contributed by atoms with Crippen LogP contribution in [0.5, 0.6) is 0 Å². The minimum Gasteiger partial charge on any atom is -0.352 e. The van der Waals surface area contributed by atoms with Crippen LogP contribution in [0.3, 0.4) is 0 Å². The molecule has 104 valence electrons. The Labute approximate surface area is 120 Å². The fourth-order valence-electron chi connectivity index (χ4n) is 2.90. The summed E-state index contributed by atoms with van der Waals surface area (Å²) in [5.74, 6) is 1.86. The molecule has 1 amide bonds. The summed E-state index contributed by atoms with van der Waals surface area (Å²) in [6.45, 7) is 2.72. The molecule has 0 heterocycles. The second-order valence-corrected chi connectivity index (χ2v) is 5.79. The van der Waals surface area contributed by atoms with Crippen LogP contribution in [0, 0.1) is 18.8 Å². The summed E-state index contributed by atoms with van der Waals surface area (Å²) in [7, 11) is 0. The van der Waals surface area contributed by atoms with Crippen molar-refractivity contribution in [1.29, 1.82) is 0 Å². The highest BCUT2D eigenvalue weighted by Crippen LogP contribution is 2.30. The smallest absolute Gasteiger partial charge is 0.251 e. The standard InChI is InChI=1S/C16H22ClNO/c1-12-6-2-5-9-15(12)16(19)18-11-14-8-4-3-7-13(14)10-17/h2,5-6,9,13-14H,3-4,7-8,10-11H2,1H3,(H,18,19). The van der Waals surface area contributed by atoms with Crippen molar-refractivity contribution in [3.8, 4) is 0 Å². The molecule has 1 aromatic carbocycles. The lowest BCUT2D eigenvalue weighted by Crippen LogP contribution is -2.35. The zero-order chi connectivity index (χ0) is 13.7. The van der Waals surface area contributed by atoms with E-state index >= 15 is 0 Å². The number of aryl methyl sites for hydroxylation is 1. The first-order chi connectivity index (χ1) is 9.22. The summed E-state index contributed by atoms with van der Waals surface area (Å²) in [5, 5.41) is 3.08. The molecule has 0 bridgehead atoms. The molecule has 0 aromatic heterocycles. The van der Waals surface area contributed by atoms with Gasteiger partial charge in [-0.1, -0.05) is 31.0 Å². The van der Waals surface area contributed by atoms with Crippen LogP contribution in [0.2, 0.25) is 0 Å². The van der Waals surface area contributed by atoms with Crippen LogP contribution in [-0.4, -0.2) is 18.3 Å². The van der Waals surface area contributed by atoms with Crippen LogP contribution < -0.4 is 5.32 Å². The van der Waals surface area contributed by atoms with E-state index in [0.29, 0.717) is 17.7 Å². The van der Waals surface area contributed by atoms with E-state index in [-0.39, 0.29) is 5.91 Å². The van der Waals surface area contributed by atoms with E-state index in [1.807, 2.05) is 31.2 Å². The minimum absolute atomic E-state index is 0.0389. The highest BCUT2D eigenvalue weighted by molar-refractivity contribution is 6.18. The monoisotopic (exact) mass is 279 g/mol. The molecule has 0 spiro atoms. The average molecular weight is 280 g/mol. The normalized spacial score (nSPS) is 23.1. The van der Waals surface area contributed by atoms with E-state index in [0.717, 1.165) is 17.7 Å². The van der Waals surface area contributed by atoms with Gasteiger partial charge in [0.05, 0.1) is 0 Å². The molecule has 2 nitrogen and oxygen atoms in total. The maximum atomic E-state index is 12.2. The number of hydrogen-bond acceptors (Lipinski definition) is 1. The zero-order valence-electron chi connectivity index (χ0n) is 11.5. The van der Waals surface area contributed by atoms with Crippen molar-refractivity contribution < 1.29 is 4.79 Å². The largest absolute Gasteiger partial charge is 0.352 e. The number of hydrogen-bond donors (Lipinski definition) is 1. The van der Waals surface area contributed by atoms with Crippen LogP contribution >= 0.6 is 11.6 Å². The number of nitrogens with one attached hydrogen (secondary N) is 1. The predicted octanol–water partition coefficient (Wildman–Crippen LogP) is 3.77. The van der Waals surface area contributed by atoms with Crippen molar-refractivity contribution in [3.05, 3.63) is 35.4 Å². The van der Waals surface area contributed by atoms with Gasteiger partial charge in [-0.3, -0.25) is 4.79 Å². The van der Waals surface area contributed by atoms with Crippen LogP contribution in [0.15, 0.2) is 24.3 Å². The van der Waals surface area contributed by atoms with E-state index in [9.17, 15) is 4.79 Å². The number of alkyl halides is 1. The van der Waals surface area contributed by atoms with Crippen molar-refractivity contribution in [1.82, 2.24) is 5.32 Å². The van der Waals surface area contributed by atoms with Crippen molar-refractivity contribution in [3.63, 3.8) is 0 Å². The molecule has 1 aliphatic rings. The first kappa shape index (κ1) is 14.4. The van der Waals surface area contributed by atoms with Gasteiger partial charge in [0, 0.05) is 18.0 Å². The van der Waals surface area contributed by atoms with E-state index in [1.165, 1.54) is 25.7 Å². The van der Waals surface area contributed by atoms with E-state index in [4.69, 9.17) is 11.6 Å². The number of carbonyl (C=O) groups excluding carboxylic acids is 1. The molecule has 1 aliphatic carbocycles. The number of carbonyl (C=O) groups is 1. The highest BCUT2D eigenvalue weighted by atomic mass is 35.5. The predicted molar refractivity (Wildman–Crippen MR) is 79.7 cm³/mol. The SMILES string of the molecule is Cc1ccccc1C(=O)NCC1CCCCC1CCl. The molecule has 1 aromatic rings. The van der Waals surface area contributed by atoms with Crippen LogP contribution in [0.4, 0.5) is 0 Å². The lowest BCUT2D eigenvalue weighted by molar-refractivity contribution is 0.0936. The third kappa shape index (κ3) is 3.73. The fraction of sp³-hybridized carbons (Fsp3) is 0.562. The van der Waals surface area contributed by atoms with Gasteiger partial charge in [0.25, 0.3) is 5.91 Å². The maximum absolute atomic E-state index is 12.2. The summed E-state index contributed by atoms with van der Waals surface area (Å²) in [5.41, 5.74) is 1.80. The summed E-state index contributed by atoms with van der Waals surface area (Å²) < 4.78 is 0. The van der Waals surface area contributed by atoms with Crippen molar-refractivity contribution in [2.45, 2.75) is 32.6 Å². The molecule has 2 atom stereocenters. The van der Waals surface area contributed by atoms with Gasteiger partial charge < -0.3 is 5.32 Å². The van der Waals surface area contributed by atoms with Gasteiger partial charge in [0.1, 0.15) is 0 Å². The van der Waals surface area contributed by atoms with Gasteiger partial charge >= 0.3 is 0 Å². The molecule has 2 rings (SSSR count). The van der Waals surface area contributed by atoms with Crippen LogP contribution in [0.25, 0.3) is 0 Å².